The number of benzene rings is 1. The number of rotatable bonds is 4. The van der Waals surface area contributed by atoms with Gasteiger partial charge in [-0.1, -0.05) is 25.4 Å². The van der Waals surface area contributed by atoms with Crippen LogP contribution in [0.1, 0.15) is 31.9 Å². The number of hydrogen-bond acceptors (Lipinski definition) is 2. The van der Waals surface area contributed by atoms with E-state index in [0.717, 1.165) is 38.2 Å². The van der Waals surface area contributed by atoms with Crippen LogP contribution in [0.3, 0.4) is 0 Å². The Bertz CT molecular complexity index is 420. The van der Waals surface area contributed by atoms with Crippen LogP contribution in [0.2, 0.25) is 5.02 Å². The van der Waals surface area contributed by atoms with E-state index in [-0.39, 0.29) is 24.3 Å². The van der Waals surface area contributed by atoms with Crippen LogP contribution in [0.25, 0.3) is 0 Å². The standard InChI is InChI=1S/C15H22ClFN2.ClH/c1-11(2)9-15(19-7-5-18-6-8-19)13-10-12(17)3-4-14(13)16;/h3-4,10-11,15,18H,5-9H2,1-2H3;1H/t15-;/m1./s1. The first-order valence-electron chi connectivity index (χ1n) is 6.97. The average Bonchev–Trinajstić information content (AvgIpc) is 2.40. The molecule has 1 aromatic carbocycles. The van der Waals surface area contributed by atoms with Gasteiger partial charge in [0.2, 0.25) is 0 Å². The first-order valence-corrected chi connectivity index (χ1v) is 7.35. The Balaban J connectivity index is 0.00000200. The largest absolute Gasteiger partial charge is 0.314 e. The summed E-state index contributed by atoms with van der Waals surface area (Å²) >= 11 is 6.28. The van der Waals surface area contributed by atoms with Crippen molar-refractivity contribution in [1.82, 2.24) is 10.2 Å². The lowest BCUT2D eigenvalue weighted by atomic mass is 9.95. The first kappa shape index (κ1) is 17.7. The quantitative estimate of drug-likeness (QED) is 0.905. The number of nitrogens with one attached hydrogen (secondary N) is 1. The van der Waals surface area contributed by atoms with Gasteiger partial charge in [-0.3, -0.25) is 4.90 Å². The maximum Gasteiger partial charge on any atom is 0.123 e. The summed E-state index contributed by atoms with van der Waals surface area (Å²) in [6.07, 6.45) is 1.00. The van der Waals surface area contributed by atoms with Crippen LogP contribution >= 0.6 is 24.0 Å². The van der Waals surface area contributed by atoms with E-state index in [4.69, 9.17) is 11.6 Å². The molecule has 1 aliphatic rings. The molecule has 0 spiro atoms. The minimum absolute atomic E-state index is 0. The number of hydrogen-bond donors (Lipinski definition) is 1. The van der Waals surface area contributed by atoms with Gasteiger partial charge in [0.25, 0.3) is 0 Å². The molecule has 0 bridgehead atoms. The predicted molar refractivity (Wildman–Crippen MR) is 85.3 cm³/mol. The Hall–Kier alpha value is -0.350. The summed E-state index contributed by atoms with van der Waals surface area (Å²) in [5.74, 6) is 0.350. The highest BCUT2D eigenvalue weighted by molar-refractivity contribution is 6.31. The third-order valence-electron chi connectivity index (χ3n) is 3.60. The average molecular weight is 321 g/mol. The van der Waals surface area contributed by atoms with Crippen molar-refractivity contribution in [2.75, 3.05) is 26.2 Å². The van der Waals surface area contributed by atoms with Gasteiger partial charge in [-0.15, -0.1) is 12.4 Å². The minimum Gasteiger partial charge on any atom is -0.314 e. The summed E-state index contributed by atoms with van der Waals surface area (Å²) in [5.41, 5.74) is 0.928. The molecule has 1 saturated heterocycles. The molecule has 20 heavy (non-hydrogen) atoms. The second-order valence-electron chi connectivity index (χ2n) is 5.60. The normalized spacial score (nSPS) is 17.9. The van der Waals surface area contributed by atoms with E-state index in [1.807, 2.05) is 0 Å². The molecule has 2 nitrogen and oxygen atoms in total. The molecule has 0 saturated carbocycles. The monoisotopic (exact) mass is 320 g/mol. The first-order chi connectivity index (χ1) is 9.08. The van der Waals surface area contributed by atoms with Crippen LogP contribution in [0.4, 0.5) is 4.39 Å². The molecule has 1 fully saturated rings. The van der Waals surface area contributed by atoms with Gasteiger partial charge in [0.05, 0.1) is 0 Å². The van der Waals surface area contributed by atoms with Gasteiger partial charge >= 0.3 is 0 Å². The third kappa shape index (κ3) is 4.59. The van der Waals surface area contributed by atoms with Crippen molar-refractivity contribution in [2.45, 2.75) is 26.3 Å². The highest BCUT2D eigenvalue weighted by Gasteiger charge is 2.25. The molecular weight excluding hydrogens is 298 g/mol. The third-order valence-corrected chi connectivity index (χ3v) is 3.95. The number of halogens is 3. The van der Waals surface area contributed by atoms with Crippen molar-refractivity contribution in [2.24, 2.45) is 5.92 Å². The number of nitrogens with zero attached hydrogens (tertiary/aromatic N) is 1. The van der Waals surface area contributed by atoms with Crippen molar-refractivity contribution in [1.29, 1.82) is 0 Å². The molecule has 0 amide bonds. The van der Waals surface area contributed by atoms with Crippen LogP contribution in [0, 0.1) is 11.7 Å². The van der Waals surface area contributed by atoms with E-state index >= 15 is 0 Å². The van der Waals surface area contributed by atoms with E-state index in [1.165, 1.54) is 6.07 Å². The molecular formula is C15H23Cl2FN2. The van der Waals surface area contributed by atoms with Crippen molar-refractivity contribution >= 4 is 24.0 Å². The van der Waals surface area contributed by atoms with Gasteiger partial charge in [-0.2, -0.15) is 0 Å². The highest BCUT2D eigenvalue weighted by Crippen LogP contribution is 2.33. The summed E-state index contributed by atoms with van der Waals surface area (Å²) in [6.45, 7) is 8.35. The molecule has 1 aromatic rings. The fourth-order valence-corrected chi connectivity index (χ4v) is 2.93. The van der Waals surface area contributed by atoms with E-state index in [1.54, 1.807) is 12.1 Å². The fraction of sp³-hybridized carbons (Fsp3) is 0.600. The minimum atomic E-state index is -0.205. The lowest BCUT2D eigenvalue weighted by Crippen LogP contribution is -2.45. The molecule has 1 aliphatic heterocycles. The summed E-state index contributed by atoms with van der Waals surface area (Å²) in [4.78, 5) is 2.41. The molecule has 0 aromatic heterocycles. The molecule has 5 heteroatoms. The molecule has 2 rings (SSSR count). The summed E-state index contributed by atoms with van der Waals surface area (Å²) in [6, 6.07) is 4.90. The maximum atomic E-state index is 13.5. The fourth-order valence-electron chi connectivity index (χ4n) is 2.68. The van der Waals surface area contributed by atoms with Gasteiger partial charge in [0, 0.05) is 37.2 Å². The highest BCUT2D eigenvalue weighted by atomic mass is 35.5. The van der Waals surface area contributed by atoms with Gasteiger partial charge in [0.1, 0.15) is 5.82 Å². The van der Waals surface area contributed by atoms with Crippen molar-refractivity contribution in [3.63, 3.8) is 0 Å². The Kier molecular flexibility index (Phi) is 7.24. The molecule has 0 aliphatic carbocycles. The van der Waals surface area contributed by atoms with E-state index in [2.05, 4.69) is 24.1 Å². The zero-order valence-electron chi connectivity index (χ0n) is 12.0. The van der Waals surface area contributed by atoms with E-state index < -0.39 is 0 Å². The maximum absolute atomic E-state index is 13.5. The second kappa shape index (κ2) is 8.18. The summed E-state index contributed by atoms with van der Waals surface area (Å²) < 4.78 is 13.5. The van der Waals surface area contributed by atoms with Crippen LogP contribution < -0.4 is 5.32 Å². The van der Waals surface area contributed by atoms with Gasteiger partial charge < -0.3 is 5.32 Å². The SMILES string of the molecule is CC(C)C[C@H](c1cc(F)ccc1Cl)N1CCNCC1.Cl. The van der Waals surface area contributed by atoms with Crippen LogP contribution in [0.15, 0.2) is 18.2 Å². The summed E-state index contributed by atoms with van der Waals surface area (Å²) in [7, 11) is 0. The predicted octanol–water partition coefficient (Wildman–Crippen LogP) is 3.89. The van der Waals surface area contributed by atoms with Crippen molar-refractivity contribution in [3.05, 3.63) is 34.6 Å². The van der Waals surface area contributed by atoms with E-state index in [0.29, 0.717) is 10.9 Å². The lowest BCUT2D eigenvalue weighted by Gasteiger charge is -2.36. The van der Waals surface area contributed by atoms with Gasteiger partial charge in [-0.25, -0.2) is 4.39 Å². The smallest absolute Gasteiger partial charge is 0.123 e. The Morgan fingerprint density at radius 3 is 2.55 bits per heavy atom. The molecule has 1 atom stereocenters. The van der Waals surface area contributed by atoms with Crippen molar-refractivity contribution in [3.8, 4) is 0 Å². The summed E-state index contributed by atoms with van der Waals surface area (Å²) in [5, 5.41) is 4.02. The number of piperazine rings is 1. The Morgan fingerprint density at radius 2 is 1.95 bits per heavy atom. The van der Waals surface area contributed by atoms with Crippen LogP contribution in [-0.2, 0) is 0 Å². The second-order valence-corrected chi connectivity index (χ2v) is 6.00. The van der Waals surface area contributed by atoms with Gasteiger partial charge in [-0.05, 0) is 36.1 Å². The zero-order chi connectivity index (χ0) is 13.8. The molecule has 114 valence electrons. The van der Waals surface area contributed by atoms with Crippen LogP contribution in [0.5, 0.6) is 0 Å². The van der Waals surface area contributed by atoms with Gasteiger partial charge in [0.15, 0.2) is 0 Å². The lowest BCUT2D eigenvalue weighted by molar-refractivity contribution is 0.154. The molecule has 1 N–H and O–H groups in total. The van der Waals surface area contributed by atoms with Crippen LogP contribution in [-0.4, -0.2) is 31.1 Å². The topological polar surface area (TPSA) is 15.3 Å². The molecule has 0 radical (unpaired) electrons. The van der Waals surface area contributed by atoms with Crippen molar-refractivity contribution < 1.29 is 4.39 Å². The van der Waals surface area contributed by atoms with E-state index in [9.17, 15) is 4.39 Å². The Morgan fingerprint density at radius 1 is 1.30 bits per heavy atom. The molecule has 0 unspecified atom stereocenters. The molecule has 1 heterocycles. The Labute approximate surface area is 132 Å². The zero-order valence-corrected chi connectivity index (χ0v) is 13.6.